The molecular weight excluding hydrogens is 482 g/mol. The standard InChI is InChI=1S/C32H23N7/c1-7-28(37-16-13-33-21-37)8-2-24(1)27-19-31(25-3-9-29(10-4-25)38-17-14-34-22-38)36-32(20-27)26-5-11-30(12-6-26)39-18-15-35-23-39/h1-23H. The van der Waals surface area contributed by atoms with E-state index >= 15 is 0 Å². The Morgan fingerprint density at radius 3 is 1.08 bits per heavy atom. The molecule has 0 fully saturated rings. The maximum Gasteiger partial charge on any atom is 0.0991 e. The minimum Gasteiger partial charge on any atom is -0.306 e. The van der Waals surface area contributed by atoms with E-state index in [-0.39, 0.29) is 0 Å². The van der Waals surface area contributed by atoms with Gasteiger partial charge in [-0.1, -0.05) is 36.4 Å². The van der Waals surface area contributed by atoms with Gasteiger partial charge in [-0.15, -0.1) is 0 Å². The number of imidazole rings is 3. The normalized spacial score (nSPS) is 11.1. The van der Waals surface area contributed by atoms with E-state index in [9.17, 15) is 0 Å². The lowest BCUT2D eigenvalue weighted by molar-refractivity contribution is 1.06. The van der Waals surface area contributed by atoms with Crippen LogP contribution >= 0.6 is 0 Å². The van der Waals surface area contributed by atoms with Crippen molar-refractivity contribution in [3.63, 3.8) is 0 Å². The van der Waals surface area contributed by atoms with Crippen molar-refractivity contribution in [3.05, 3.63) is 141 Å². The van der Waals surface area contributed by atoms with Gasteiger partial charge in [0.15, 0.2) is 0 Å². The van der Waals surface area contributed by atoms with Crippen LogP contribution in [0.2, 0.25) is 0 Å². The largest absolute Gasteiger partial charge is 0.306 e. The number of benzene rings is 3. The van der Waals surface area contributed by atoms with Gasteiger partial charge in [0.05, 0.1) is 30.4 Å². The lowest BCUT2D eigenvalue weighted by Gasteiger charge is -2.12. The molecule has 0 aliphatic carbocycles. The molecule has 0 radical (unpaired) electrons. The van der Waals surface area contributed by atoms with Gasteiger partial charge in [0.1, 0.15) is 0 Å². The summed E-state index contributed by atoms with van der Waals surface area (Å²) in [6.45, 7) is 0. The molecule has 0 unspecified atom stereocenters. The Labute approximate surface area is 225 Å². The monoisotopic (exact) mass is 505 g/mol. The van der Waals surface area contributed by atoms with Gasteiger partial charge in [0.2, 0.25) is 0 Å². The van der Waals surface area contributed by atoms with E-state index in [0.29, 0.717) is 0 Å². The first-order chi connectivity index (χ1) is 19.3. The number of rotatable bonds is 6. The number of hydrogen-bond acceptors (Lipinski definition) is 4. The Morgan fingerprint density at radius 2 is 0.744 bits per heavy atom. The Morgan fingerprint density at radius 1 is 0.385 bits per heavy atom. The molecule has 0 aliphatic rings. The van der Waals surface area contributed by atoms with Crippen LogP contribution in [0, 0.1) is 0 Å². The fraction of sp³-hybridized carbons (Fsp3) is 0. The average molecular weight is 506 g/mol. The summed E-state index contributed by atoms with van der Waals surface area (Å²) in [6.07, 6.45) is 16.6. The van der Waals surface area contributed by atoms with Crippen molar-refractivity contribution in [3.8, 4) is 50.7 Å². The molecule has 7 heteroatoms. The fourth-order valence-corrected chi connectivity index (χ4v) is 4.66. The van der Waals surface area contributed by atoms with Gasteiger partial charge >= 0.3 is 0 Å². The summed E-state index contributed by atoms with van der Waals surface area (Å²) >= 11 is 0. The summed E-state index contributed by atoms with van der Waals surface area (Å²) in [7, 11) is 0. The summed E-state index contributed by atoms with van der Waals surface area (Å²) in [5.41, 5.74) is 9.32. The third kappa shape index (κ3) is 4.53. The zero-order valence-electron chi connectivity index (χ0n) is 20.9. The van der Waals surface area contributed by atoms with E-state index < -0.39 is 0 Å². The highest BCUT2D eigenvalue weighted by Crippen LogP contribution is 2.31. The van der Waals surface area contributed by atoms with Crippen LogP contribution in [0.15, 0.2) is 141 Å². The van der Waals surface area contributed by atoms with E-state index in [1.807, 2.05) is 32.3 Å². The van der Waals surface area contributed by atoms with Gasteiger partial charge in [-0.3, -0.25) is 0 Å². The van der Waals surface area contributed by atoms with Gasteiger partial charge in [-0.25, -0.2) is 19.9 Å². The molecule has 0 atom stereocenters. The minimum absolute atomic E-state index is 0.914. The van der Waals surface area contributed by atoms with Gasteiger partial charge in [-0.2, -0.15) is 0 Å². The molecule has 3 aromatic carbocycles. The first-order valence-corrected chi connectivity index (χ1v) is 12.6. The Hall–Kier alpha value is -5.56. The zero-order valence-corrected chi connectivity index (χ0v) is 20.9. The van der Waals surface area contributed by atoms with Gasteiger partial charge in [-0.05, 0) is 59.7 Å². The number of pyridine rings is 1. The molecule has 4 heterocycles. The maximum atomic E-state index is 5.09. The predicted octanol–water partition coefficient (Wildman–Crippen LogP) is 6.64. The fourth-order valence-electron chi connectivity index (χ4n) is 4.66. The van der Waals surface area contributed by atoms with E-state index in [2.05, 4.69) is 99.9 Å². The predicted molar refractivity (Wildman–Crippen MR) is 152 cm³/mol. The summed E-state index contributed by atoms with van der Waals surface area (Å²) in [4.78, 5) is 17.6. The van der Waals surface area contributed by atoms with E-state index in [1.54, 1.807) is 37.6 Å². The van der Waals surface area contributed by atoms with E-state index in [1.165, 1.54) is 0 Å². The number of hydrogen-bond donors (Lipinski definition) is 0. The highest BCUT2D eigenvalue weighted by Gasteiger charge is 2.10. The third-order valence-corrected chi connectivity index (χ3v) is 6.76. The smallest absolute Gasteiger partial charge is 0.0991 e. The van der Waals surface area contributed by atoms with Crippen molar-refractivity contribution in [2.45, 2.75) is 0 Å². The minimum atomic E-state index is 0.914. The van der Waals surface area contributed by atoms with Crippen molar-refractivity contribution in [2.24, 2.45) is 0 Å². The molecule has 0 saturated carbocycles. The number of nitrogens with zero attached hydrogens (tertiary/aromatic N) is 7. The lowest BCUT2D eigenvalue weighted by atomic mass is 9.99. The van der Waals surface area contributed by atoms with E-state index in [4.69, 9.17) is 4.98 Å². The molecule has 0 spiro atoms. The second-order valence-corrected chi connectivity index (χ2v) is 9.18. The van der Waals surface area contributed by atoms with Crippen molar-refractivity contribution < 1.29 is 0 Å². The molecule has 0 saturated heterocycles. The molecule has 0 bridgehead atoms. The quantitative estimate of drug-likeness (QED) is 0.254. The van der Waals surface area contributed by atoms with Gasteiger partial charge < -0.3 is 13.7 Å². The average Bonchev–Trinajstić information content (AvgIpc) is 3.82. The zero-order chi connectivity index (χ0) is 26.0. The van der Waals surface area contributed by atoms with Crippen LogP contribution in [-0.4, -0.2) is 33.6 Å². The van der Waals surface area contributed by atoms with Gasteiger partial charge in [0.25, 0.3) is 0 Å². The Bertz CT molecular complexity index is 1570. The highest BCUT2D eigenvalue weighted by molar-refractivity contribution is 5.77. The molecule has 186 valence electrons. The molecule has 0 amide bonds. The maximum absolute atomic E-state index is 5.09. The molecule has 7 nitrogen and oxygen atoms in total. The first-order valence-electron chi connectivity index (χ1n) is 12.6. The van der Waals surface area contributed by atoms with Crippen molar-refractivity contribution >= 4 is 0 Å². The molecular formula is C32H23N7. The molecule has 4 aromatic heterocycles. The summed E-state index contributed by atoms with van der Waals surface area (Å²) in [6, 6.07) is 29.6. The highest BCUT2D eigenvalue weighted by atomic mass is 15.0. The molecule has 0 aliphatic heterocycles. The molecule has 39 heavy (non-hydrogen) atoms. The topological polar surface area (TPSA) is 66.3 Å². The number of aromatic nitrogens is 7. The van der Waals surface area contributed by atoms with Crippen molar-refractivity contribution in [1.29, 1.82) is 0 Å². The van der Waals surface area contributed by atoms with Crippen molar-refractivity contribution in [2.75, 3.05) is 0 Å². The SMILES string of the molecule is c1cn(-c2ccc(-c3cc(-c4ccc(-n5ccnc5)cc4)nc(-c4ccc(-n5ccnc5)cc4)c3)cc2)cn1. The second kappa shape index (κ2) is 9.72. The second-order valence-electron chi connectivity index (χ2n) is 9.18. The van der Waals surface area contributed by atoms with Crippen LogP contribution < -0.4 is 0 Å². The first kappa shape index (κ1) is 22.6. The summed E-state index contributed by atoms with van der Waals surface area (Å²) in [5.74, 6) is 0. The van der Waals surface area contributed by atoms with Crippen LogP contribution in [0.4, 0.5) is 0 Å². The Balaban J connectivity index is 1.30. The third-order valence-electron chi connectivity index (χ3n) is 6.76. The van der Waals surface area contributed by atoms with Crippen LogP contribution in [0.3, 0.4) is 0 Å². The van der Waals surface area contributed by atoms with E-state index in [0.717, 1.165) is 50.7 Å². The van der Waals surface area contributed by atoms with Crippen LogP contribution in [0.25, 0.3) is 50.7 Å². The van der Waals surface area contributed by atoms with Gasteiger partial charge in [0, 0.05) is 65.4 Å². The van der Waals surface area contributed by atoms with Crippen LogP contribution in [-0.2, 0) is 0 Å². The molecule has 0 N–H and O–H groups in total. The lowest BCUT2D eigenvalue weighted by Crippen LogP contribution is -1.94. The van der Waals surface area contributed by atoms with Crippen LogP contribution in [0.1, 0.15) is 0 Å². The molecule has 7 rings (SSSR count). The van der Waals surface area contributed by atoms with Crippen LogP contribution in [0.5, 0.6) is 0 Å². The summed E-state index contributed by atoms with van der Waals surface area (Å²) < 4.78 is 5.97. The summed E-state index contributed by atoms with van der Waals surface area (Å²) in [5, 5.41) is 0. The van der Waals surface area contributed by atoms with Crippen molar-refractivity contribution in [1.82, 2.24) is 33.6 Å². The Kier molecular flexibility index (Phi) is 5.64. The molecule has 7 aromatic rings.